The van der Waals surface area contributed by atoms with Crippen LogP contribution in [0.4, 0.5) is 11.4 Å². The highest BCUT2D eigenvalue weighted by Crippen LogP contribution is 2.44. The Morgan fingerprint density at radius 2 is 1.69 bits per heavy atom. The van der Waals surface area contributed by atoms with Crippen molar-refractivity contribution in [3.8, 4) is 5.75 Å². The maximum atomic E-state index is 13.2. The highest BCUT2D eigenvalue weighted by molar-refractivity contribution is 7.92. The van der Waals surface area contributed by atoms with Crippen molar-refractivity contribution in [2.45, 2.75) is 29.6 Å². The van der Waals surface area contributed by atoms with Gasteiger partial charge in [0.05, 0.1) is 23.2 Å². The SMILES string of the molecule is COc1ccc(NC(=O)C2(c3ccccc3)CCC2)cc1S(=O)(=O)Nc1ccccc1Cl. The molecule has 1 fully saturated rings. The third-order valence-electron chi connectivity index (χ3n) is 5.80. The van der Waals surface area contributed by atoms with Crippen LogP contribution < -0.4 is 14.8 Å². The van der Waals surface area contributed by atoms with E-state index in [-0.39, 0.29) is 27.3 Å². The number of amides is 1. The van der Waals surface area contributed by atoms with Crippen LogP contribution in [0.2, 0.25) is 5.02 Å². The second kappa shape index (κ2) is 8.84. The fourth-order valence-corrected chi connectivity index (χ4v) is 5.41. The van der Waals surface area contributed by atoms with E-state index >= 15 is 0 Å². The molecule has 0 aliphatic heterocycles. The molecular weight excluding hydrogens is 448 g/mol. The number of halogens is 1. The maximum absolute atomic E-state index is 13.2. The van der Waals surface area contributed by atoms with E-state index in [1.165, 1.54) is 19.2 Å². The molecule has 0 saturated heterocycles. The van der Waals surface area contributed by atoms with Crippen LogP contribution in [0.5, 0.6) is 5.75 Å². The zero-order valence-electron chi connectivity index (χ0n) is 17.5. The van der Waals surface area contributed by atoms with Crippen molar-refractivity contribution in [2.75, 3.05) is 17.1 Å². The van der Waals surface area contributed by atoms with Crippen molar-refractivity contribution in [3.05, 3.63) is 83.4 Å². The summed E-state index contributed by atoms with van der Waals surface area (Å²) in [5, 5.41) is 3.18. The third-order valence-corrected chi connectivity index (χ3v) is 7.51. The average Bonchev–Trinajstić information content (AvgIpc) is 2.75. The summed E-state index contributed by atoms with van der Waals surface area (Å²) in [5.41, 5.74) is 0.988. The third kappa shape index (κ3) is 4.18. The number of benzene rings is 3. The Kier molecular flexibility index (Phi) is 6.13. The van der Waals surface area contributed by atoms with E-state index in [4.69, 9.17) is 16.3 Å². The lowest BCUT2D eigenvalue weighted by atomic mass is 9.64. The lowest BCUT2D eigenvalue weighted by molar-refractivity contribution is -0.124. The molecule has 6 nitrogen and oxygen atoms in total. The molecule has 32 heavy (non-hydrogen) atoms. The van der Waals surface area contributed by atoms with E-state index in [0.29, 0.717) is 5.69 Å². The van der Waals surface area contributed by atoms with Crippen LogP contribution in [-0.4, -0.2) is 21.4 Å². The van der Waals surface area contributed by atoms with Gasteiger partial charge in [0.15, 0.2) is 0 Å². The lowest BCUT2D eigenvalue weighted by Gasteiger charge is -2.40. The zero-order valence-corrected chi connectivity index (χ0v) is 19.0. The van der Waals surface area contributed by atoms with Crippen LogP contribution >= 0.6 is 11.6 Å². The second-order valence-electron chi connectivity index (χ2n) is 7.71. The van der Waals surface area contributed by atoms with Crippen LogP contribution in [-0.2, 0) is 20.2 Å². The average molecular weight is 471 g/mol. The number of ether oxygens (including phenoxy) is 1. The first-order chi connectivity index (χ1) is 15.4. The van der Waals surface area contributed by atoms with Crippen LogP contribution in [0.25, 0.3) is 0 Å². The van der Waals surface area contributed by atoms with Crippen LogP contribution in [0.1, 0.15) is 24.8 Å². The molecule has 1 aliphatic carbocycles. The fraction of sp³-hybridized carbons (Fsp3) is 0.208. The summed E-state index contributed by atoms with van der Waals surface area (Å²) in [7, 11) is -2.64. The molecule has 0 bridgehead atoms. The van der Waals surface area contributed by atoms with Gasteiger partial charge < -0.3 is 10.1 Å². The molecule has 0 aromatic heterocycles. The van der Waals surface area contributed by atoms with Gasteiger partial charge in [0.2, 0.25) is 5.91 Å². The molecule has 3 aromatic carbocycles. The maximum Gasteiger partial charge on any atom is 0.265 e. The first-order valence-electron chi connectivity index (χ1n) is 10.2. The number of rotatable bonds is 7. The fourth-order valence-electron chi connectivity index (χ4n) is 3.89. The lowest BCUT2D eigenvalue weighted by Crippen LogP contribution is -2.46. The summed E-state index contributed by atoms with van der Waals surface area (Å²) >= 11 is 6.11. The number of carbonyl (C=O) groups is 1. The van der Waals surface area contributed by atoms with E-state index in [9.17, 15) is 13.2 Å². The van der Waals surface area contributed by atoms with Gasteiger partial charge in [0.1, 0.15) is 10.6 Å². The van der Waals surface area contributed by atoms with Gasteiger partial charge in [-0.3, -0.25) is 9.52 Å². The minimum Gasteiger partial charge on any atom is -0.495 e. The Morgan fingerprint density at radius 1 is 1.00 bits per heavy atom. The first kappa shape index (κ1) is 22.2. The number of para-hydroxylation sites is 1. The van der Waals surface area contributed by atoms with Crippen molar-refractivity contribution < 1.29 is 17.9 Å². The van der Waals surface area contributed by atoms with Gasteiger partial charge in [-0.25, -0.2) is 8.42 Å². The predicted octanol–water partition coefficient (Wildman–Crippen LogP) is 5.21. The number of hydrogen-bond donors (Lipinski definition) is 2. The van der Waals surface area contributed by atoms with E-state index in [0.717, 1.165) is 24.8 Å². The molecule has 2 N–H and O–H groups in total. The van der Waals surface area contributed by atoms with Crippen LogP contribution in [0, 0.1) is 0 Å². The van der Waals surface area contributed by atoms with Crippen LogP contribution in [0.15, 0.2) is 77.7 Å². The molecule has 0 atom stereocenters. The van der Waals surface area contributed by atoms with Gasteiger partial charge >= 0.3 is 0 Å². The summed E-state index contributed by atoms with van der Waals surface area (Å²) in [6.07, 6.45) is 2.46. The molecule has 0 unspecified atom stereocenters. The van der Waals surface area contributed by atoms with E-state index in [1.807, 2.05) is 30.3 Å². The predicted molar refractivity (Wildman–Crippen MR) is 126 cm³/mol. The standard InChI is InChI=1S/C24H23ClN2O4S/c1-31-21-13-12-18(16-22(21)32(29,30)27-20-11-6-5-10-19(20)25)26-23(28)24(14-7-15-24)17-8-3-2-4-9-17/h2-6,8-13,16,27H,7,14-15H2,1H3,(H,26,28). The quantitative estimate of drug-likeness (QED) is 0.496. The molecule has 166 valence electrons. The van der Waals surface area contributed by atoms with Gasteiger partial charge in [-0.2, -0.15) is 0 Å². The Hall–Kier alpha value is -3.03. The number of hydrogen-bond acceptors (Lipinski definition) is 4. The summed E-state index contributed by atoms with van der Waals surface area (Å²) in [6, 6.07) is 20.8. The van der Waals surface area contributed by atoms with Gasteiger partial charge in [0, 0.05) is 5.69 Å². The molecule has 4 rings (SSSR count). The molecule has 1 amide bonds. The van der Waals surface area contributed by atoms with E-state index in [1.54, 1.807) is 30.3 Å². The molecule has 3 aromatic rings. The van der Waals surface area contributed by atoms with E-state index < -0.39 is 15.4 Å². The molecule has 1 aliphatic rings. The Morgan fingerprint density at radius 3 is 2.31 bits per heavy atom. The normalized spacial score (nSPS) is 14.8. The molecule has 0 spiro atoms. The van der Waals surface area contributed by atoms with Crippen molar-refractivity contribution in [2.24, 2.45) is 0 Å². The smallest absolute Gasteiger partial charge is 0.265 e. The number of nitrogens with one attached hydrogen (secondary N) is 2. The summed E-state index contributed by atoms with van der Waals surface area (Å²) < 4.78 is 33.9. The minimum absolute atomic E-state index is 0.0971. The highest BCUT2D eigenvalue weighted by atomic mass is 35.5. The van der Waals surface area contributed by atoms with Gasteiger partial charge in [0.25, 0.3) is 10.0 Å². The van der Waals surface area contributed by atoms with Crippen molar-refractivity contribution in [3.63, 3.8) is 0 Å². The first-order valence-corrected chi connectivity index (χ1v) is 12.0. The van der Waals surface area contributed by atoms with Crippen molar-refractivity contribution in [1.82, 2.24) is 0 Å². The molecular formula is C24H23ClN2O4S. The van der Waals surface area contributed by atoms with Crippen molar-refractivity contribution >= 4 is 38.9 Å². The van der Waals surface area contributed by atoms with Gasteiger partial charge in [-0.05, 0) is 48.7 Å². The minimum atomic E-state index is -4.03. The van der Waals surface area contributed by atoms with Crippen molar-refractivity contribution in [1.29, 1.82) is 0 Å². The Balaban J connectivity index is 1.64. The Labute approximate surface area is 192 Å². The van der Waals surface area contributed by atoms with Gasteiger partial charge in [-0.15, -0.1) is 0 Å². The topological polar surface area (TPSA) is 84.5 Å². The summed E-state index contributed by atoms with van der Waals surface area (Å²) in [6.45, 7) is 0. The molecule has 0 heterocycles. The number of methoxy groups -OCH3 is 1. The molecule has 8 heteroatoms. The molecule has 1 saturated carbocycles. The number of anilines is 2. The van der Waals surface area contributed by atoms with E-state index in [2.05, 4.69) is 10.0 Å². The zero-order chi connectivity index (χ0) is 22.8. The summed E-state index contributed by atoms with van der Waals surface area (Å²) in [4.78, 5) is 13.1. The Bertz CT molecular complexity index is 1240. The van der Waals surface area contributed by atoms with Gasteiger partial charge in [-0.1, -0.05) is 60.5 Å². The second-order valence-corrected chi connectivity index (χ2v) is 9.76. The largest absolute Gasteiger partial charge is 0.495 e. The summed E-state index contributed by atoms with van der Waals surface area (Å²) in [5.74, 6) is 0.00602. The number of sulfonamides is 1. The monoisotopic (exact) mass is 470 g/mol. The van der Waals surface area contributed by atoms with Crippen LogP contribution in [0.3, 0.4) is 0 Å². The number of carbonyl (C=O) groups excluding carboxylic acids is 1. The molecule has 0 radical (unpaired) electrons. The highest BCUT2D eigenvalue weighted by Gasteiger charge is 2.45.